The quantitative estimate of drug-likeness (QED) is 0.717. The first kappa shape index (κ1) is 14.6. The minimum Gasteiger partial charge on any atom is -0.480 e. The third-order valence-electron chi connectivity index (χ3n) is 2.56. The first-order chi connectivity index (χ1) is 8.25. The fraction of sp³-hybridized carbons (Fsp3) is 0.636. The molecule has 5 nitrogen and oxygen atoms in total. The van der Waals surface area contributed by atoms with Crippen molar-refractivity contribution < 1.29 is 18.7 Å². The third-order valence-corrected chi connectivity index (χ3v) is 2.56. The summed E-state index contributed by atoms with van der Waals surface area (Å²) >= 11 is 0. The summed E-state index contributed by atoms with van der Waals surface area (Å²) in [6.45, 7) is 4.01. The SMILES string of the molecule is CC(C)Cc1cnc(CC(N)(C(=O)O)C(F)F)[nH]1. The molecule has 0 radical (unpaired) electrons. The fourth-order valence-electron chi connectivity index (χ4n) is 1.56. The third kappa shape index (κ3) is 3.25. The van der Waals surface area contributed by atoms with Crippen LogP contribution in [0.3, 0.4) is 0 Å². The van der Waals surface area contributed by atoms with E-state index in [4.69, 9.17) is 10.8 Å². The van der Waals surface area contributed by atoms with Crippen LogP contribution in [0, 0.1) is 5.92 Å². The highest BCUT2D eigenvalue weighted by molar-refractivity contribution is 5.79. The first-order valence-electron chi connectivity index (χ1n) is 5.59. The second-order valence-corrected chi connectivity index (χ2v) is 4.78. The van der Waals surface area contributed by atoms with Crippen LogP contribution in [0.15, 0.2) is 6.20 Å². The van der Waals surface area contributed by atoms with Crippen molar-refractivity contribution >= 4 is 5.97 Å². The predicted octanol–water partition coefficient (Wildman–Crippen LogP) is 1.20. The zero-order valence-electron chi connectivity index (χ0n) is 10.3. The summed E-state index contributed by atoms with van der Waals surface area (Å²) in [5.74, 6) is -1.19. The number of nitrogens with zero attached hydrogens (tertiary/aromatic N) is 1. The Bertz CT molecular complexity index is 420. The number of nitrogens with one attached hydrogen (secondary N) is 1. The number of H-pyrrole nitrogens is 1. The van der Waals surface area contributed by atoms with Crippen molar-refractivity contribution in [2.24, 2.45) is 11.7 Å². The van der Waals surface area contributed by atoms with Gasteiger partial charge in [-0.2, -0.15) is 0 Å². The number of aliphatic carboxylic acids is 1. The molecule has 1 heterocycles. The topological polar surface area (TPSA) is 92.0 Å². The van der Waals surface area contributed by atoms with Gasteiger partial charge in [-0.25, -0.2) is 18.6 Å². The molecule has 1 unspecified atom stereocenters. The van der Waals surface area contributed by atoms with Gasteiger partial charge in [0.2, 0.25) is 0 Å². The van der Waals surface area contributed by atoms with Gasteiger partial charge in [0.25, 0.3) is 6.43 Å². The molecule has 0 aliphatic carbocycles. The molecule has 1 rings (SSSR count). The Morgan fingerprint density at radius 3 is 2.67 bits per heavy atom. The number of carbonyl (C=O) groups is 1. The molecular formula is C11H17F2N3O2. The lowest BCUT2D eigenvalue weighted by Crippen LogP contribution is -2.56. The van der Waals surface area contributed by atoms with Crippen molar-refractivity contribution in [2.75, 3.05) is 0 Å². The van der Waals surface area contributed by atoms with Gasteiger partial charge < -0.3 is 15.8 Å². The van der Waals surface area contributed by atoms with Crippen LogP contribution in [-0.2, 0) is 17.6 Å². The fourth-order valence-corrected chi connectivity index (χ4v) is 1.56. The number of carboxylic acids is 1. The van der Waals surface area contributed by atoms with Crippen LogP contribution in [0.4, 0.5) is 8.78 Å². The summed E-state index contributed by atoms with van der Waals surface area (Å²) in [5, 5.41) is 8.77. The van der Waals surface area contributed by atoms with Gasteiger partial charge in [-0.15, -0.1) is 0 Å². The Morgan fingerprint density at radius 2 is 2.22 bits per heavy atom. The molecule has 1 aromatic heterocycles. The first-order valence-corrected chi connectivity index (χ1v) is 5.59. The van der Waals surface area contributed by atoms with Crippen molar-refractivity contribution in [1.82, 2.24) is 9.97 Å². The monoisotopic (exact) mass is 261 g/mol. The number of imidazole rings is 1. The maximum absolute atomic E-state index is 12.7. The van der Waals surface area contributed by atoms with Gasteiger partial charge in [0.05, 0.1) is 0 Å². The Morgan fingerprint density at radius 1 is 1.61 bits per heavy atom. The number of alkyl halides is 2. The highest BCUT2D eigenvalue weighted by Crippen LogP contribution is 2.18. The molecular weight excluding hydrogens is 244 g/mol. The number of halogens is 2. The standard InChI is InChI=1S/C11H17F2N3O2/c1-6(2)3-7-5-15-8(16-7)4-11(14,9(12)13)10(17)18/h5-6,9H,3-4,14H2,1-2H3,(H,15,16)(H,17,18). The van der Waals surface area contributed by atoms with Gasteiger partial charge in [-0.3, -0.25) is 0 Å². The van der Waals surface area contributed by atoms with E-state index in [0.717, 1.165) is 5.69 Å². The Kier molecular flexibility index (Phi) is 4.39. The van der Waals surface area contributed by atoms with Crippen molar-refractivity contribution in [3.63, 3.8) is 0 Å². The maximum Gasteiger partial charge on any atom is 0.330 e. The molecule has 4 N–H and O–H groups in total. The highest BCUT2D eigenvalue weighted by atomic mass is 19.3. The van der Waals surface area contributed by atoms with Crippen LogP contribution in [0.2, 0.25) is 0 Å². The summed E-state index contributed by atoms with van der Waals surface area (Å²) in [6, 6.07) is 0. The summed E-state index contributed by atoms with van der Waals surface area (Å²) in [4.78, 5) is 17.5. The number of rotatable bonds is 6. The van der Waals surface area contributed by atoms with Crippen LogP contribution in [0.1, 0.15) is 25.4 Å². The summed E-state index contributed by atoms with van der Waals surface area (Å²) in [6.07, 6.45) is -1.46. The Balaban J connectivity index is 2.83. The minimum atomic E-state index is -3.16. The number of aromatic nitrogens is 2. The smallest absolute Gasteiger partial charge is 0.330 e. The number of nitrogens with two attached hydrogens (primary N) is 1. The van der Waals surface area contributed by atoms with Crippen LogP contribution in [0.25, 0.3) is 0 Å². The molecule has 0 spiro atoms. The van der Waals surface area contributed by atoms with Crippen molar-refractivity contribution in [2.45, 2.75) is 38.7 Å². The Labute approximate surface area is 103 Å². The van der Waals surface area contributed by atoms with E-state index in [9.17, 15) is 13.6 Å². The average Bonchev–Trinajstić information content (AvgIpc) is 2.63. The lowest BCUT2D eigenvalue weighted by molar-refractivity contribution is -0.149. The molecule has 0 saturated heterocycles. The van der Waals surface area contributed by atoms with Gasteiger partial charge in [0.15, 0.2) is 5.54 Å². The summed E-state index contributed by atoms with van der Waals surface area (Å²) < 4.78 is 25.4. The molecule has 0 aromatic carbocycles. The van der Waals surface area contributed by atoms with Gasteiger partial charge in [0.1, 0.15) is 5.82 Å². The van der Waals surface area contributed by atoms with E-state index in [1.54, 1.807) is 0 Å². The largest absolute Gasteiger partial charge is 0.480 e. The number of carboxylic acid groups (broad SMARTS) is 1. The second kappa shape index (κ2) is 5.43. The van der Waals surface area contributed by atoms with Crippen LogP contribution in [-0.4, -0.2) is 33.0 Å². The van der Waals surface area contributed by atoms with Crippen LogP contribution in [0.5, 0.6) is 0 Å². The molecule has 0 amide bonds. The molecule has 0 saturated carbocycles. The zero-order valence-corrected chi connectivity index (χ0v) is 10.3. The minimum absolute atomic E-state index is 0.163. The van der Waals surface area contributed by atoms with E-state index in [-0.39, 0.29) is 5.82 Å². The van der Waals surface area contributed by atoms with E-state index in [0.29, 0.717) is 12.3 Å². The maximum atomic E-state index is 12.7. The van der Waals surface area contributed by atoms with Crippen molar-refractivity contribution in [3.8, 4) is 0 Å². The number of aromatic amines is 1. The molecule has 102 valence electrons. The molecule has 18 heavy (non-hydrogen) atoms. The molecule has 7 heteroatoms. The molecule has 1 atom stereocenters. The van der Waals surface area contributed by atoms with Crippen LogP contribution < -0.4 is 5.73 Å². The predicted molar refractivity (Wildman–Crippen MR) is 61.4 cm³/mol. The Hall–Kier alpha value is -1.50. The van der Waals surface area contributed by atoms with Gasteiger partial charge in [-0.1, -0.05) is 13.8 Å². The van der Waals surface area contributed by atoms with E-state index in [1.165, 1.54) is 6.20 Å². The van der Waals surface area contributed by atoms with Gasteiger partial charge in [-0.05, 0) is 12.3 Å². The van der Waals surface area contributed by atoms with E-state index < -0.39 is 24.4 Å². The lowest BCUT2D eigenvalue weighted by atomic mass is 9.97. The van der Waals surface area contributed by atoms with Crippen molar-refractivity contribution in [1.29, 1.82) is 0 Å². The number of hydrogen-bond donors (Lipinski definition) is 3. The number of hydrogen-bond acceptors (Lipinski definition) is 3. The van der Waals surface area contributed by atoms with E-state index >= 15 is 0 Å². The molecule has 1 aromatic rings. The van der Waals surface area contributed by atoms with Crippen molar-refractivity contribution in [3.05, 3.63) is 17.7 Å². The van der Waals surface area contributed by atoms with Gasteiger partial charge >= 0.3 is 5.97 Å². The normalized spacial score (nSPS) is 15.1. The average molecular weight is 261 g/mol. The van der Waals surface area contributed by atoms with E-state index in [1.807, 2.05) is 13.8 Å². The zero-order chi connectivity index (χ0) is 13.9. The summed E-state index contributed by atoms with van der Waals surface area (Å²) in [7, 11) is 0. The highest BCUT2D eigenvalue weighted by Gasteiger charge is 2.44. The van der Waals surface area contributed by atoms with Crippen LogP contribution >= 0.6 is 0 Å². The summed E-state index contributed by atoms with van der Waals surface area (Å²) in [5.41, 5.74) is 3.39. The molecule has 0 fully saturated rings. The molecule has 0 aliphatic rings. The second-order valence-electron chi connectivity index (χ2n) is 4.78. The van der Waals surface area contributed by atoms with Gasteiger partial charge in [0, 0.05) is 18.3 Å². The van der Waals surface area contributed by atoms with E-state index in [2.05, 4.69) is 9.97 Å². The molecule has 0 bridgehead atoms. The molecule has 0 aliphatic heterocycles. The lowest BCUT2D eigenvalue weighted by Gasteiger charge is -2.22.